The minimum atomic E-state index is 1.20. The van der Waals surface area contributed by atoms with Crippen LogP contribution in [0.4, 0.5) is 0 Å². The molecule has 1 N–H and O–H groups in total. The van der Waals surface area contributed by atoms with E-state index in [1.165, 1.54) is 16.5 Å². The van der Waals surface area contributed by atoms with Crippen LogP contribution in [0.3, 0.4) is 0 Å². The highest BCUT2D eigenvalue weighted by Gasteiger charge is 1.92. The lowest BCUT2D eigenvalue weighted by Gasteiger charge is -1.92. The predicted octanol–water partition coefficient (Wildman–Crippen LogP) is 5.25. The van der Waals surface area contributed by atoms with Gasteiger partial charge in [0.2, 0.25) is 0 Å². The second-order valence-corrected chi connectivity index (χ2v) is 2.82. The second kappa shape index (κ2) is 8.78. The highest BCUT2D eigenvalue weighted by atomic mass is 14.7. The van der Waals surface area contributed by atoms with E-state index in [0.717, 1.165) is 0 Å². The van der Waals surface area contributed by atoms with Gasteiger partial charge in [0, 0.05) is 11.7 Å². The normalized spacial score (nSPS) is 9.31. The van der Waals surface area contributed by atoms with Gasteiger partial charge in [-0.15, -0.1) is 0 Å². The van der Waals surface area contributed by atoms with Gasteiger partial charge in [-0.2, -0.15) is 0 Å². The van der Waals surface area contributed by atoms with E-state index in [1.54, 1.807) is 0 Å². The number of hydrogen-bond acceptors (Lipinski definition) is 0. The van der Waals surface area contributed by atoms with E-state index in [0.29, 0.717) is 0 Å². The summed E-state index contributed by atoms with van der Waals surface area (Å²) in [4.78, 5) is 3.18. The van der Waals surface area contributed by atoms with Crippen LogP contribution in [0.2, 0.25) is 0 Å². The van der Waals surface area contributed by atoms with Crippen LogP contribution in [0.25, 0.3) is 17.0 Å². The average Bonchev–Trinajstić information content (AvgIpc) is 2.82. The first-order chi connectivity index (χ1) is 7.90. The number of fused-ring (bicyclic) bond motifs is 1. The van der Waals surface area contributed by atoms with Crippen LogP contribution in [-0.4, -0.2) is 4.98 Å². The topological polar surface area (TPSA) is 15.8 Å². The maximum atomic E-state index is 3.18. The lowest BCUT2D eigenvalue weighted by atomic mass is 10.1. The lowest BCUT2D eigenvalue weighted by molar-refractivity contribution is 1.47. The number of aromatic nitrogens is 1. The molecule has 1 aromatic heterocycles. The molecule has 2 aromatic rings. The fourth-order valence-electron chi connectivity index (χ4n) is 1.36. The Balaban J connectivity index is 0.000000509. The zero-order valence-electron chi connectivity index (χ0n) is 11.0. The highest BCUT2D eigenvalue weighted by molar-refractivity contribution is 5.81. The third-order valence-electron chi connectivity index (χ3n) is 1.94. The molecule has 0 saturated heterocycles. The van der Waals surface area contributed by atoms with E-state index in [9.17, 15) is 0 Å². The molecule has 0 amide bonds. The number of hydrogen-bond donors (Lipinski definition) is 1. The van der Waals surface area contributed by atoms with Crippen molar-refractivity contribution in [3.8, 4) is 0 Å². The number of rotatable bonds is 1. The Morgan fingerprint density at radius 2 is 1.69 bits per heavy atom. The first-order valence-corrected chi connectivity index (χ1v) is 6.10. The van der Waals surface area contributed by atoms with Crippen molar-refractivity contribution < 1.29 is 0 Å². The zero-order valence-corrected chi connectivity index (χ0v) is 11.0. The van der Waals surface area contributed by atoms with Crippen molar-refractivity contribution in [3.63, 3.8) is 0 Å². The van der Waals surface area contributed by atoms with E-state index < -0.39 is 0 Å². The van der Waals surface area contributed by atoms with Crippen LogP contribution >= 0.6 is 0 Å². The van der Waals surface area contributed by atoms with Crippen molar-refractivity contribution in [1.29, 1.82) is 0 Å². The SMILES string of the molecule is C/C=C/c1ccc2cc[nH]c2c1.CC.CC. The molecule has 88 valence electrons. The summed E-state index contributed by atoms with van der Waals surface area (Å²) in [6.45, 7) is 10.0. The monoisotopic (exact) mass is 217 g/mol. The molecule has 0 aliphatic heterocycles. The smallest absolute Gasteiger partial charge is 0.0459 e. The summed E-state index contributed by atoms with van der Waals surface area (Å²) >= 11 is 0. The van der Waals surface area contributed by atoms with Gasteiger partial charge in [0.1, 0.15) is 0 Å². The van der Waals surface area contributed by atoms with Gasteiger partial charge in [-0.3, -0.25) is 0 Å². The molecule has 1 heteroatoms. The van der Waals surface area contributed by atoms with Crippen LogP contribution in [0.1, 0.15) is 40.2 Å². The van der Waals surface area contributed by atoms with Crippen molar-refractivity contribution in [2.75, 3.05) is 0 Å². The quantitative estimate of drug-likeness (QED) is 0.671. The minimum absolute atomic E-state index is 1.20. The Morgan fingerprint density at radius 3 is 2.31 bits per heavy atom. The summed E-state index contributed by atoms with van der Waals surface area (Å²) in [7, 11) is 0. The number of nitrogens with one attached hydrogen (secondary N) is 1. The fraction of sp³-hybridized carbons (Fsp3) is 0.333. The fourth-order valence-corrected chi connectivity index (χ4v) is 1.36. The van der Waals surface area contributed by atoms with Crippen LogP contribution in [-0.2, 0) is 0 Å². The molecule has 0 spiro atoms. The summed E-state index contributed by atoms with van der Waals surface area (Å²) in [5.41, 5.74) is 2.44. The van der Waals surface area contributed by atoms with Crippen molar-refractivity contribution >= 4 is 17.0 Å². The molecule has 0 aliphatic carbocycles. The number of aromatic amines is 1. The van der Waals surface area contributed by atoms with Gasteiger partial charge in [0.05, 0.1) is 0 Å². The first kappa shape index (κ1) is 14.5. The zero-order chi connectivity index (χ0) is 12.4. The van der Waals surface area contributed by atoms with Crippen LogP contribution < -0.4 is 0 Å². The van der Waals surface area contributed by atoms with Crippen molar-refractivity contribution in [3.05, 3.63) is 42.1 Å². The lowest BCUT2D eigenvalue weighted by Crippen LogP contribution is -1.71. The largest absolute Gasteiger partial charge is 0.361 e. The molecule has 0 unspecified atom stereocenters. The third kappa shape index (κ3) is 3.93. The third-order valence-corrected chi connectivity index (χ3v) is 1.94. The number of H-pyrrole nitrogens is 1. The van der Waals surface area contributed by atoms with Crippen LogP contribution in [0.5, 0.6) is 0 Å². The first-order valence-electron chi connectivity index (χ1n) is 6.10. The van der Waals surface area contributed by atoms with Gasteiger partial charge < -0.3 is 4.98 Å². The van der Waals surface area contributed by atoms with Crippen molar-refractivity contribution in [2.24, 2.45) is 0 Å². The van der Waals surface area contributed by atoms with Gasteiger partial charge in [-0.05, 0) is 30.0 Å². The molecule has 0 saturated carbocycles. The number of benzene rings is 1. The Morgan fingerprint density at radius 1 is 1.00 bits per heavy atom. The van der Waals surface area contributed by atoms with Gasteiger partial charge in [0.15, 0.2) is 0 Å². The van der Waals surface area contributed by atoms with Crippen molar-refractivity contribution in [1.82, 2.24) is 4.98 Å². The standard InChI is InChI=1S/C11H11N.2C2H6/c1-2-3-9-4-5-10-6-7-12-11(10)8-9;2*1-2/h2-8,12H,1H3;2*1-2H3/b3-2+;;. The molecule has 0 fully saturated rings. The summed E-state index contributed by atoms with van der Waals surface area (Å²) in [5.74, 6) is 0. The van der Waals surface area contributed by atoms with E-state index in [1.807, 2.05) is 46.9 Å². The van der Waals surface area contributed by atoms with Gasteiger partial charge in [-0.1, -0.05) is 52.0 Å². The van der Waals surface area contributed by atoms with Crippen LogP contribution in [0.15, 0.2) is 36.5 Å². The molecule has 16 heavy (non-hydrogen) atoms. The molecule has 1 heterocycles. The molecule has 0 radical (unpaired) electrons. The van der Waals surface area contributed by atoms with Gasteiger partial charge in [0.25, 0.3) is 0 Å². The Hall–Kier alpha value is -1.50. The summed E-state index contributed by atoms with van der Waals surface area (Å²) in [6, 6.07) is 8.47. The van der Waals surface area contributed by atoms with Crippen LogP contribution in [0, 0.1) is 0 Å². The molecule has 2 rings (SSSR count). The Bertz CT molecular complexity index is 410. The number of allylic oxidation sites excluding steroid dienone is 1. The second-order valence-electron chi connectivity index (χ2n) is 2.82. The minimum Gasteiger partial charge on any atom is -0.361 e. The Labute approximate surface area is 99.2 Å². The highest BCUT2D eigenvalue weighted by Crippen LogP contribution is 2.14. The van der Waals surface area contributed by atoms with Crippen molar-refractivity contribution in [2.45, 2.75) is 34.6 Å². The molecule has 0 bridgehead atoms. The molecule has 1 nitrogen and oxygen atoms in total. The maximum absolute atomic E-state index is 3.18. The van der Waals surface area contributed by atoms with E-state index >= 15 is 0 Å². The Kier molecular flexibility index (Phi) is 7.96. The summed E-state index contributed by atoms with van der Waals surface area (Å²) in [5, 5.41) is 1.27. The average molecular weight is 217 g/mol. The van der Waals surface area contributed by atoms with E-state index in [-0.39, 0.29) is 0 Å². The maximum Gasteiger partial charge on any atom is 0.0459 e. The van der Waals surface area contributed by atoms with E-state index in [4.69, 9.17) is 0 Å². The molecule has 0 atom stereocenters. The molecule has 1 aromatic carbocycles. The summed E-state index contributed by atoms with van der Waals surface area (Å²) in [6.07, 6.45) is 6.11. The van der Waals surface area contributed by atoms with Gasteiger partial charge >= 0.3 is 0 Å². The summed E-state index contributed by atoms with van der Waals surface area (Å²) < 4.78 is 0. The predicted molar refractivity (Wildman–Crippen MR) is 75.7 cm³/mol. The molecule has 0 aliphatic rings. The van der Waals surface area contributed by atoms with E-state index in [2.05, 4.69) is 35.3 Å². The molecular formula is C15H23N. The molecular weight excluding hydrogens is 194 g/mol. The van der Waals surface area contributed by atoms with Gasteiger partial charge in [-0.25, -0.2) is 0 Å².